The van der Waals surface area contributed by atoms with Crippen LogP contribution in [0.25, 0.3) is 16.5 Å². The van der Waals surface area contributed by atoms with Gasteiger partial charge < -0.3 is 5.32 Å². The van der Waals surface area contributed by atoms with Gasteiger partial charge in [0.05, 0.1) is 18.0 Å². The van der Waals surface area contributed by atoms with Crippen molar-refractivity contribution < 1.29 is 9.59 Å². The van der Waals surface area contributed by atoms with Gasteiger partial charge in [-0.25, -0.2) is 0 Å². The predicted octanol–water partition coefficient (Wildman–Crippen LogP) is 2.91. The number of hydrogen-bond donors (Lipinski definition) is 1. The molecule has 4 aromatic rings. The summed E-state index contributed by atoms with van der Waals surface area (Å²) in [4.78, 5) is 24.3. The monoisotopic (exact) mass is 403 g/mol. The highest BCUT2D eigenvalue weighted by Gasteiger charge is 2.14. The molecule has 0 radical (unpaired) electrons. The molecule has 4 rings (SSSR count). The molecule has 8 heteroatoms. The topological polar surface area (TPSA) is 89.8 Å². The molecule has 0 atom stereocenters. The van der Waals surface area contributed by atoms with E-state index in [1.165, 1.54) is 11.8 Å². The Morgan fingerprint density at radius 3 is 2.55 bits per heavy atom. The Morgan fingerprint density at radius 2 is 1.69 bits per heavy atom. The summed E-state index contributed by atoms with van der Waals surface area (Å²) in [5, 5.41) is 17.1. The number of Topliss-reactive ketones (excluding diaryl/α,β-unsaturated/α-hetero) is 1. The summed E-state index contributed by atoms with van der Waals surface area (Å²) in [6, 6.07) is 22.7. The summed E-state index contributed by atoms with van der Waals surface area (Å²) >= 11 is 1.22. The fraction of sp³-hybridized carbons (Fsp3) is 0.0952. The van der Waals surface area contributed by atoms with Crippen molar-refractivity contribution in [2.24, 2.45) is 0 Å². The number of benzene rings is 3. The number of fused-ring (bicyclic) bond motifs is 1. The lowest BCUT2D eigenvalue weighted by atomic mass is 10.1. The lowest BCUT2D eigenvalue weighted by Crippen LogP contribution is -2.30. The minimum Gasteiger partial charge on any atom is -0.348 e. The number of thioether (sulfide) groups is 1. The van der Waals surface area contributed by atoms with Gasteiger partial charge in [0.1, 0.15) is 0 Å². The maximum absolute atomic E-state index is 12.2. The highest BCUT2D eigenvalue weighted by Crippen LogP contribution is 2.25. The molecule has 0 unspecified atom stereocenters. The van der Waals surface area contributed by atoms with Crippen molar-refractivity contribution >= 4 is 34.2 Å². The Balaban J connectivity index is 1.41. The van der Waals surface area contributed by atoms with Gasteiger partial charge in [0.15, 0.2) is 5.78 Å². The Morgan fingerprint density at radius 1 is 0.931 bits per heavy atom. The van der Waals surface area contributed by atoms with E-state index in [1.807, 2.05) is 48.5 Å². The first-order valence-corrected chi connectivity index (χ1v) is 9.95. The molecular formula is C21H17N5O2S. The van der Waals surface area contributed by atoms with Gasteiger partial charge in [-0.3, -0.25) is 9.59 Å². The number of nitrogens with zero attached hydrogens (tertiary/aromatic N) is 4. The molecule has 1 N–H and O–H groups in total. The van der Waals surface area contributed by atoms with Crippen molar-refractivity contribution in [1.29, 1.82) is 0 Å². The van der Waals surface area contributed by atoms with Gasteiger partial charge in [-0.05, 0) is 21.9 Å². The number of nitrogens with one attached hydrogen (secondary N) is 1. The van der Waals surface area contributed by atoms with Crippen molar-refractivity contribution in [3.63, 3.8) is 0 Å². The number of carbonyl (C=O) groups is 2. The zero-order chi connectivity index (χ0) is 20.1. The highest BCUT2D eigenvalue weighted by molar-refractivity contribution is 7.99. The van der Waals surface area contributed by atoms with Crippen LogP contribution in [0.1, 0.15) is 10.4 Å². The number of ketones is 1. The Labute approximate surface area is 171 Å². The lowest BCUT2D eigenvalue weighted by Gasteiger charge is -2.08. The Kier molecular flexibility index (Phi) is 5.62. The molecule has 0 fully saturated rings. The molecule has 0 saturated heterocycles. The van der Waals surface area contributed by atoms with Crippen molar-refractivity contribution in [3.05, 3.63) is 78.4 Å². The maximum Gasteiger partial charge on any atom is 0.230 e. The summed E-state index contributed by atoms with van der Waals surface area (Å²) in [6.45, 7) is -0.0440. The second-order valence-corrected chi connectivity index (χ2v) is 7.17. The third kappa shape index (κ3) is 4.33. The van der Waals surface area contributed by atoms with E-state index in [4.69, 9.17) is 0 Å². The van der Waals surface area contributed by atoms with Gasteiger partial charge in [0.25, 0.3) is 0 Å². The summed E-state index contributed by atoms with van der Waals surface area (Å²) in [7, 11) is 0. The van der Waals surface area contributed by atoms with Crippen LogP contribution < -0.4 is 5.32 Å². The third-order valence-electron chi connectivity index (χ3n) is 4.31. The Bertz CT molecular complexity index is 1150. The van der Waals surface area contributed by atoms with E-state index in [-0.39, 0.29) is 24.0 Å². The largest absolute Gasteiger partial charge is 0.348 e. The first-order valence-electron chi connectivity index (χ1n) is 8.96. The van der Waals surface area contributed by atoms with Crippen LogP contribution in [0.5, 0.6) is 0 Å². The van der Waals surface area contributed by atoms with Crippen LogP contribution in [0, 0.1) is 0 Å². The highest BCUT2D eigenvalue weighted by atomic mass is 32.2. The molecule has 0 aliphatic heterocycles. The SMILES string of the molecule is O=C(CSc1nnnn1-c1cccc2ccccc12)NCC(=O)c1ccccc1. The molecule has 29 heavy (non-hydrogen) atoms. The standard InChI is InChI=1S/C21H17N5O2S/c27-19(16-8-2-1-3-9-16)13-22-20(28)14-29-21-23-24-25-26(21)18-12-6-10-15-7-4-5-11-17(15)18/h1-12H,13-14H2,(H,22,28). The maximum atomic E-state index is 12.2. The van der Waals surface area contributed by atoms with Crippen molar-refractivity contribution in [2.45, 2.75) is 5.16 Å². The number of carbonyl (C=O) groups excluding carboxylic acids is 2. The molecule has 0 aliphatic carbocycles. The van der Waals surface area contributed by atoms with Crippen molar-refractivity contribution in [1.82, 2.24) is 25.5 Å². The van der Waals surface area contributed by atoms with E-state index in [0.717, 1.165) is 16.5 Å². The summed E-state index contributed by atoms with van der Waals surface area (Å²) < 4.78 is 1.62. The minimum absolute atomic E-state index is 0.0440. The van der Waals surface area contributed by atoms with Crippen LogP contribution in [-0.2, 0) is 4.79 Å². The number of tetrazole rings is 1. The van der Waals surface area contributed by atoms with Gasteiger partial charge >= 0.3 is 0 Å². The van der Waals surface area contributed by atoms with Crippen LogP contribution >= 0.6 is 11.8 Å². The molecule has 144 valence electrons. The predicted molar refractivity (Wildman–Crippen MR) is 111 cm³/mol. The smallest absolute Gasteiger partial charge is 0.230 e. The van der Waals surface area contributed by atoms with E-state index in [1.54, 1.807) is 28.9 Å². The number of aromatic nitrogens is 4. The van der Waals surface area contributed by atoms with Gasteiger partial charge in [-0.2, -0.15) is 4.68 Å². The van der Waals surface area contributed by atoms with E-state index >= 15 is 0 Å². The van der Waals surface area contributed by atoms with Gasteiger partial charge in [-0.15, -0.1) is 5.10 Å². The van der Waals surface area contributed by atoms with Gasteiger partial charge in [0.2, 0.25) is 11.1 Å². The van der Waals surface area contributed by atoms with Gasteiger partial charge in [0, 0.05) is 10.9 Å². The number of hydrogen-bond acceptors (Lipinski definition) is 6. The van der Waals surface area contributed by atoms with Crippen molar-refractivity contribution in [3.8, 4) is 5.69 Å². The zero-order valence-electron chi connectivity index (χ0n) is 15.4. The molecule has 0 bridgehead atoms. The van der Waals surface area contributed by atoms with E-state index in [9.17, 15) is 9.59 Å². The normalized spacial score (nSPS) is 10.8. The second-order valence-electron chi connectivity index (χ2n) is 6.23. The third-order valence-corrected chi connectivity index (χ3v) is 5.23. The fourth-order valence-corrected chi connectivity index (χ4v) is 3.61. The van der Waals surface area contributed by atoms with E-state index in [0.29, 0.717) is 10.7 Å². The quantitative estimate of drug-likeness (QED) is 0.377. The summed E-state index contributed by atoms with van der Waals surface area (Å²) in [5.41, 5.74) is 1.41. The molecule has 1 heterocycles. The number of rotatable bonds is 7. The minimum atomic E-state index is -0.258. The molecule has 7 nitrogen and oxygen atoms in total. The lowest BCUT2D eigenvalue weighted by molar-refractivity contribution is -0.118. The van der Waals surface area contributed by atoms with Crippen molar-refractivity contribution in [2.75, 3.05) is 12.3 Å². The molecule has 0 saturated carbocycles. The van der Waals surface area contributed by atoms with Crippen LogP contribution in [0.4, 0.5) is 0 Å². The molecule has 1 amide bonds. The summed E-state index contributed by atoms with van der Waals surface area (Å²) in [6.07, 6.45) is 0. The van der Waals surface area contributed by atoms with Crippen LogP contribution in [0.3, 0.4) is 0 Å². The average Bonchev–Trinajstić information content (AvgIpc) is 3.24. The molecule has 0 spiro atoms. The zero-order valence-corrected chi connectivity index (χ0v) is 16.2. The van der Waals surface area contributed by atoms with E-state index in [2.05, 4.69) is 20.8 Å². The van der Waals surface area contributed by atoms with Crippen LogP contribution in [0.2, 0.25) is 0 Å². The average molecular weight is 403 g/mol. The molecule has 0 aliphatic rings. The van der Waals surface area contributed by atoms with Gasteiger partial charge in [-0.1, -0.05) is 78.5 Å². The van der Waals surface area contributed by atoms with Crippen LogP contribution in [0.15, 0.2) is 78.0 Å². The molecule has 3 aromatic carbocycles. The second kappa shape index (κ2) is 8.66. The molecular weight excluding hydrogens is 386 g/mol. The first kappa shape index (κ1) is 18.8. The van der Waals surface area contributed by atoms with Crippen LogP contribution in [-0.4, -0.2) is 44.2 Å². The van der Waals surface area contributed by atoms with E-state index < -0.39 is 0 Å². The Hall–Kier alpha value is -3.52. The molecule has 1 aromatic heterocycles. The fourth-order valence-electron chi connectivity index (χ4n) is 2.90. The first-order chi connectivity index (χ1) is 14.2. The number of amides is 1. The summed E-state index contributed by atoms with van der Waals surface area (Å²) in [5.74, 6) is -0.288.